The molecule has 0 spiro atoms. The van der Waals surface area contributed by atoms with Gasteiger partial charge in [-0.2, -0.15) is 0 Å². The molecule has 0 unspecified atom stereocenters. The maximum atomic E-state index is 15.8. The summed E-state index contributed by atoms with van der Waals surface area (Å²) in [5.74, 6) is -0.737. The summed E-state index contributed by atoms with van der Waals surface area (Å²) in [5.41, 5.74) is 1.48. The van der Waals surface area contributed by atoms with Gasteiger partial charge in [0.05, 0.1) is 11.4 Å². The zero-order chi connectivity index (χ0) is 20.6. The minimum absolute atomic E-state index is 0.355. The van der Waals surface area contributed by atoms with E-state index in [4.69, 9.17) is 0 Å². The molecule has 0 radical (unpaired) electrons. The molecule has 4 rings (SSSR count). The molecule has 0 aliphatic heterocycles. The summed E-state index contributed by atoms with van der Waals surface area (Å²) in [7, 11) is 0. The number of nitrogens with zero attached hydrogens (tertiary/aromatic N) is 1. The summed E-state index contributed by atoms with van der Waals surface area (Å²) in [6, 6.07) is 25.7. The van der Waals surface area contributed by atoms with Gasteiger partial charge in [0, 0.05) is 11.1 Å². The van der Waals surface area contributed by atoms with Crippen molar-refractivity contribution in [1.29, 1.82) is 0 Å². The first-order valence-corrected chi connectivity index (χ1v) is 9.69. The highest BCUT2D eigenvalue weighted by Crippen LogP contribution is 2.39. The van der Waals surface area contributed by atoms with Gasteiger partial charge in [-0.1, -0.05) is 60.7 Å². The Hall–Kier alpha value is -3.20. The van der Waals surface area contributed by atoms with Crippen molar-refractivity contribution < 1.29 is 8.78 Å². The fourth-order valence-electron chi connectivity index (χ4n) is 3.76. The van der Waals surface area contributed by atoms with Crippen LogP contribution >= 0.6 is 0 Å². The van der Waals surface area contributed by atoms with E-state index in [0.717, 1.165) is 16.3 Å². The number of hydrogen-bond donors (Lipinski definition) is 0. The average Bonchev–Trinajstić information content (AvgIpc) is 2.69. The van der Waals surface area contributed by atoms with Gasteiger partial charge in [-0.05, 0) is 61.4 Å². The first-order chi connectivity index (χ1) is 13.9. The lowest BCUT2D eigenvalue weighted by Gasteiger charge is -2.38. The highest BCUT2D eigenvalue weighted by atomic mass is 19.1. The SMILES string of the molecule is CC(C)(C)N(c1ccccc1F)c1cccc(-c2ccc3ccccc3c2)c1F. The zero-order valence-corrected chi connectivity index (χ0v) is 16.8. The fourth-order valence-corrected chi connectivity index (χ4v) is 3.76. The van der Waals surface area contributed by atoms with Crippen LogP contribution in [0.2, 0.25) is 0 Å². The van der Waals surface area contributed by atoms with Crippen molar-refractivity contribution in [3.8, 4) is 11.1 Å². The lowest BCUT2D eigenvalue weighted by molar-refractivity contribution is 0.527. The fraction of sp³-hybridized carbons (Fsp3) is 0.154. The van der Waals surface area contributed by atoms with Gasteiger partial charge in [-0.15, -0.1) is 0 Å². The molecular weight excluding hydrogens is 364 g/mol. The van der Waals surface area contributed by atoms with Crippen LogP contribution in [0.4, 0.5) is 20.2 Å². The Morgan fingerprint density at radius 1 is 0.655 bits per heavy atom. The monoisotopic (exact) mass is 387 g/mol. The van der Waals surface area contributed by atoms with E-state index in [1.54, 1.807) is 35.2 Å². The van der Waals surface area contributed by atoms with E-state index in [1.807, 2.05) is 69.3 Å². The van der Waals surface area contributed by atoms with Gasteiger partial charge in [-0.3, -0.25) is 0 Å². The van der Waals surface area contributed by atoms with E-state index in [-0.39, 0.29) is 11.6 Å². The first-order valence-electron chi connectivity index (χ1n) is 9.69. The van der Waals surface area contributed by atoms with Crippen molar-refractivity contribution in [1.82, 2.24) is 0 Å². The molecule has 0 heterocycles. The summed E-state index contributed by atoms with van der Waals surface area (Å²) >= 11 is 0. The molecule has 146 valence electrons. The topological polar surface area (TPSA) is 3.24 Å². The molecule has 4 aromatic rings. The lowest BCUT2D eigenvalue weighted by Crippen LogP contribution is -2.38. The molecule has 0 fully saturated rings. The maximum absolute atomic E-state index is 15.8. The number of halogens is 2. The Morgan fingerprint density at radius 2 is 1.31 bits per heavy atom. The van der Waals surface area contributed by atoms with Crippen LogP contribution in [-0.2, 0) is 0 Å². The molecule has 0 aliphatic carbocycles. The normalized spacial score (nSPS) is 11.6. The molecular formula is C26H23F2N. The predicted octanol–water partition coefficient (Wildman–Crippen LogP) is 7.72. The average molecular weight is 387 g/mol. The standard InChI is InChI=1S/C26H23F2N/c1-26(2,3)29(23-13-7-6-12-22(23)27)24-14-8-11-21(25(24)28)20-16-15-18-9-4-5-10-19(18)17-20/h4-17H,1-3H3. The quantitative estimate of drug-likeness (QED) is 0.348. The molecule has 4 aromatic carbocycles. The van der Waals surface area contributed by atoms with Crippen molar-refractivity contribution in [2.75, 3.05) is 4.90 Å². The van der Waals surface area contributed by atoms with Gasteiger partial charge in [0.15, 0.2) is 5.82 Å². The second-order valence-electron chi connectivity index (χ2n) is 8.16. The molecule has 0 bridgehead atoms. The number of rotatable bonds is 3. The van der Waals surface area contributed by atoms with Crippen molar-refractivity contribution in [3.05, 3.63) is 96.6 Å². The third kappa shape index (κ3) is 3.61. The summed E-state index contributed by atoms with van der Waals surface area (Å²) < 4.78 is 30.4. The molecule has 3 heteroatoms. The van der Waals surface area contributed by atoms with Gasteiger partial charge < -0.3 is 4.90 Å². The summed E-state index contributed by atoms with van der Waals surface area (Å²) in [6.45, 7) is 5.84. The Balaban J connectivity index is 1.89. The Morgan fingerprint density at radius 3 is 2.03 bits per heavy atom. The number of para-hydroxylation sites is 1. The van der Waals surface area contributed by atoms with Crippen LogP contribution in [0.1, 0.15) is 20.8 Å². The predicted molar refractivity (Wildman–Crippen MR) is 118 cm³/mol. The zero-order valence-electron chi connectivity index (χ0n) is 16.8. The minimum atomic E-state index is -0.523. The van der Waals surface area contributed by atoms with E-state index in [1.165, 1.54) is 6.07 Å². The lowest BCUT2D eigenvalue weighted by atomic mass is 9.98. The Kier molecular flexibility index (Phi) is 4.83. The van der Waals surface area contributed by atoms with Crippen LogP contribution in [0, 0.1) is 11.6 Å². The first kappa shape index (κ1) is 19.1. The number of benzene rings is 4. The van der Waals surface area contributed by atoms with E-state index < -0.39 is 5.54 Å². The van der Waals surface area contributed by atoms with Crippen LogP contribution in [-0.4, -0.2) is 5.54 Å². The van der Waals surface area contributed by atoms with E-state index >= 15 is 4.39 Å². The van der Waals surface area contributed by atoms with Crippen LogP contribution in [0.15, 0.2) is 84.9 Å². The number of anilines is 2. The summed E-state index contributed by atoms with van der Waals surface area (Å²) in [4.78, 5) is 1.72. The summed E-state index contributed by atoms with van der Waals surface area (Å²) in [5, 5.41) is 2.16. The summed E-state index contributed by atoms with van der Waals surface area (Å²) in [6.07, 6.45) is 0. The second-order valence-corrected chi connectivity index (χ2v) is 8.16. The highest BCUT2D eigenvalue weighted by Gasteiger charge is 2.28. The van der Waals surface area contributed by atoms with Crippen LogP contribution in [0.3, 0.4) is 0 Å². The van der Waals surface area contributed by atoms with Crippen molar-refractivity contribution in [2.24, 2.45) is 0 Å². The van der Waals surface area contributed by atoms with Gasteiger partial charge in [0.1, 0.15) is 5.82 Å². The molecule has 0 aliphatic rings. The smallest absolute Gasteiger partial charge is 0.154 e. The van der Waals surface area contributed by atoms with Crippen LogP contribution in [0.5, 0.6) is 0 Å². The molecule has 0 atom stereocenters. The van der Waals surface area contributed by atoms with Crippen LogP contribution < -0.4 is 4.90 Å². The van der Waals surface area contributed by atoms with Gasteiger partial charge in [0.25, 0.3) is 0 Å². The van der Waals surface area contributed by atoms with Crippen molar-refractivity contribution >= 4 is 22.1 Å². The third-order valence-corrected chi connectivity index (χ3v) is 5.04. The van der Waals surface area contributed by atoms with E-state index in [9.17, 15) is 4.39 Å². The molecule has 0 amide bonds. The van der Waals surface area contributed by atoms with Crippen molar-refractivity contribution in [3.63, 3.8) is 0 Å². The third-order valence-electron chi connectivity index (χ3n) is 5.04. The van der Waals surface area contributed by atoms with E-state index in [2.05, 4.69) is 0 Å². The molecule has 0 aromatic heterocycles. The molecule has 0 N–H and O–H groups in total. The Labute approximate surface area is 170 Å². The second kappa shape index (κ2) is 7.32. The minimum Gasteiger partial charge on any atom is -0.331 e. The largest absolute Gasteiger partial charge is 0.331 e. The van der Waals surface area contributed by atoms with Crippen molar-refractivity contribution in [2.45, 2.75) is 26.3 Å². The number of hydrogen-bond acceptors (Lipinski definition) is 1. The molecule has 1 nitrogen and oxygen atoms in total. The van der Waals surface area contributed by atoms with Gasteiger partial charge in [-0.25, -0.2) is 8.78 Å². The van der Waals surface area contributed by atoms with Gasteiger partial charge >= 0.3 is 0 Å². The van der Waals surface area contributed by atoms with E-state index in [0.29, 0.717) is 16.9 Å². The van der Waals surface area contributed by atoms with Gasteiger partial charge in [0.2, 0.25) is 0 Å². The maximum Gasteiger partial charge on any atom is 0.154 e. The Bertz CT molecular complexity index is 1170. The van der Waals surface area contributed by atoms with Crippen LogP contribution in [0.25, 0.3) is 21.9 Å². The molecule has 0 saturated heterocycles. The number of fused-ring (bicyclic) bond motifs is 1. The molecule has 0 saturated carbocycles. The molecule has 29 heavy (non-hydrogen) atoms. The highest BCUT2D eigenvalue weighted by molar-refractivity contribution is 5.88.